The Balaban J connectivity index is 2.27. The number of fused-ring (bicyclic) bond motifs is 2. The molecule has 0 bridgehead atoms. The summed E-state index contributed by atoms with van der Waals surface area (Å²) in [5.41, 5.74) is 2.77. The number of aromatic nitrogens is 1. The zero-order valence-electron chi connectivity index (χ0n) is 12.3. The number of para-hydroxylation sites is 2. The molecule has 0 amide bonds. The Kier molecular flexibility index (Phi) is 4.39. The summed E-state index contributed by atoms with van der Waals surface area (Å²) in [6, 6.07) is 16.1. The Hall–Kier alpha value is -2.33. The van der Waals surface area contributed by atoms with Crippen molar-refractivity contribution in [1.82, 2.24) is 4.98 Å². The SMILES string of the molecule is C=CCOC(=Nc1c2ccccc2nc2ccccc12)SC. The number of pyridine rings is 1. The first-order chi connectivity index (χ1) is 10.8. The van der Waals surface area contributed by atoms with Crippen molar-refractivity contribution in [2.24, 2.45) is 4.99 Å². The van der Waals surface area contributed by atoms with E-state index in [0.29, 0.717) is 11.8 Å². The quantitative estimate of drug-likeness (QED) is 0.297. The van der Waals surface area contributed by atoms with Crippen LogP contribution in [0.15, 0.2) is 66.2 Å². The molecule has 22 heavy (non-hydrogen) atoms. The van der Waals surface area contributed by atoms with E-state index in [0.717, 1.165) is 27.5 Å². The van der Waals surface area contributed by atoms with Gasteiger partial charge in [-0.05, 0) is 18.4 Å². The summed E-state index contributed by atoms with van der Waals surface area (Å²) < 4.78 is 5.62. The van der Waals surface area contributed by atoms with Crippen LogP contribution in [-0.4, -0.2) is 23.1 Å². The molecule has 110 valence electrons. The molecule has 0 spiro atoms. The first kappa shape index (κ1) is 14.6. The molecule has 0 atom stereocenters. The highest BCUT2D eigenvalue weighted by atomic mass is 32.2. The van der Waals surface area contributed by atoms with Crippen LogP contribution in [0.1, 0.15) is 0 Å². The van der Waals surface area contributed by atoms with Crippen molar-refractivity contribution in [3.63, 3.8) is 0 Å². The molecule has 4 heteroatoms. The van der Waals surface area contributed by atoms with Crippen LogP contribution in [0.2, 0.25) is 0 Å². The number of rotatable bonds is 3. The Morgan fingerprint density at radius 3 is 2.27 bits per heavy atom. The fourth-order valence-corrected chi connectivity index (χ4v) is 2.66. The summed E-state index contributed by atoms with van der Waals surface area (Å²) in [4.78, 5) is 9.44. The molecule has 0 saturated carbocycles. The van der Waals surface area contributed by atoms with Crippen LogP contribution in [0.5, 0.6) is 0 Å². The van der Waals surface area contributed by atoms with Crippen molar-refractivity contribution in [2.45, 2.75) is 0 Å². The molecular formula is C18H16N2OS. The van der Waals surface area contributed by atoms with Gasteiger partial charge in [-0.15, -0.1) is 0 Å². The second kappa shape index (κ2) is 6.62. The van der Waals surface area contributed by atoms with E-state index >= 15 is 0 Å². The third-order valence-electron chi connectivity index (χ3n) is 3.26. The zero-order valence-corrected chi connectivity index (χ0v) is 13.1. The van der Waals surface area contributed by atoms with Crippen LogP contribution in [0, 0.1) is 0 Å². The van der Waals surface area contributed by atoms with Crippen molar-refractivity contribution in [3.8, 4) is 0 Å². The predicted octanol–water partition coefficient (Wildman–Crippen LogP) is 4.94. The molecule has 3 aromatic rings. The van der Waals surface area contributed by atoms with Gasteiger partial charge in [-0.2, -0.15) is 0 Å². The molecule has 0 aliphatic heterocycles. The van der Waals surface area contributed by atoms with E-state index in [1.165, 1.54) is 11.8 Å². The predicted molar refractivity (Wildman–Crippen MR) is 96.0 cm³/mol. The second-order valence-corrected chi connectivity index (χ2v) is 5.43. The van der Waals surface area contributed by atoms with Gasteiger partial charge in [0.2, 0.25) is 0 Å². The van der Waals surface area contributed by atoms with E-state index in [1.807, 2.05) is 54.8 Å². The highest BCUT2D eigenvalue weighted by molar-refractivity contribution is 8.12. The largest absolute Gasteiger partial charge is 0.469 e. The maximum absolute atomic E-state index is 5.62. The topological polar surface area (TPSA) is 34.5 Å². The Labute approximate surface area is 133 Å². The van der Waals surface area contributed by atoms with Crippen LogP contribution in [0.4, 0.5) is 5.69 Å². The van der Waals surface area contributed by atoms with Gasteiger partial charge in [0, 0.05) is 10.8 Å². The van der Waals surface area contributed by atoms with Gasteiger partial charge in [0.1, 0.15) is 6.61 Å². The summed E-state index contributed by atoms with van der Waals surface area (Å²) in [6.07, 6.45) is 3.67. The van der Waals surface area contributed by atoms with Gasteiger partial charge in [-0.3, -0.25) is 0 Å². The van der Waals surface area contributed by atoms with Crippen LogP contribution in [0.25, 0.3) is 21.8 Å². The molecule has 0 radical (unpaired) electrons. The molecule has 0 aliphatic carbocycles. The number of benzene rings is 2. The van der Waals surface area contributed by atoms with Crippen molar-refractivity contribution < 1.29 is 4.74 Å². The van der Waals surface area contributed by atoms with Crippen LogP contribution < -0.4 is 0 Å². The summed E-state index contributed by atoms with van der Waals surface area (Å²) in [5.74, 6) is 0. The molecule has 0 fully saturated rings. The highest BCUT2D eigenvalue weighted by Crippen LogP contribution is 2.33. The average molecular weight is 308 g/mol. The van der Waals surface area contributed by atoms with E-state index in [9.17, 15) is 0 Å². The highest BCUT2D eigenvalue weighted by Gasteiger charge is 2.09. The summed E-state index contributed by atoms with van der Waals surface area (Å²) in [7, 11) is 0. The van der Waals surface area contributed by atoms with Gasteiger partial charge in [0.05, 0.1) is 16.7 Å². The normalized spacial score (nSPS) is 11.8. The molecule has 0 unspecified atom stereocenters. The molecule has 1 heterocycles. The minimum atomic E-state index is 0.445. The van der Waals surface area contributed by atoms with Gasteiger partial charge in [-0.25, -0.2) is 9.98 Å². The van der Waals surface area contributed by atoms with E-state index in [2.05, 4.69) is 6.58 Å². The van der Waals surface area contributed by atoms with Crippen molar-refractivity contribution in [1.29, 1.82) is 0 Å². The average Bonchev–Trinajstić information content (AvgIpc) is 2.57. The monoisotopic (exact) mass is 308 g/mol. The first-order valence-corrected chi connectivity index (χ1v) is 8.20. The lowest BCUT2D eigenvalue weighted by atomic mass is 10.1. The van der Waals surface area contributed by atoms with Gasteiger partial charge >= 0.3 is 0 Å². The fourth-order valence-electron chi connectivity index (χ4n) is 2.30. The number of hydrogen-bond acceptors (Lipinski definition) is 4. The Morgan fingerprint density at radius 1 is 1.14 bits per heavy atom. The molecule has 0 aliphatic rings. The van der Waals surface area contributed by atoms with Gasteiger partial charge in [0.25, 0.3) is 5.23 Å². The summed E-state index contributed by atoms with van der Waals surface area (Å²) in [5, 5.41) is 2.67. The van der Waals surface area contributed by atoms with E-state index in [4.69, 9.17) is 14.7 Å². The molecule has 3 nitrogen and oxygen atoms in total. The molecule has 0 saturated heterocycles. The zero-order chi connectivity index (χ0) is 15.4. The molecule has 0 N–H and O–H groups in total. The molecule has 1 aromatic heterocycles. The van der Waals surface area contributed by atoms with Crippen LogP contribution in [-0.2, 0) is 4.74 Å². The maximum Gasteiger partial charge on any atom is 0.251 e. The van der Waals surface area contributed by atoms with Gasteiger partial charge in [0.15, 0.2) is 0 Å². The van der Waals surface area contributed by atoms with E-state index < -0.39 is 0 Å². The summed E-state index contributed by atoms with van der Waals surface area (Å²) in [6.45, 7) is 4.12. The van der Waals surface area contributed by atoms with Crippen LogP contribution >= 0.6 is 11.8 Å². The van der Waals surface area contributed by atoms with Crippen molar-refractivity contribution >= 4 is 44.5 Å². The minimum absolute atomic E-state index is 0.445. The minimum Gasteiger partial charge on any atom is -0.469 e. The second-order valence-electron chi connectivity index (χ2n) is 4.68. The first-order valence-electron chi connectivity index (χ1n) is 6.97. The Morgan fingerprint density at radius 2 is 1.73 bits per heavy atom. The number of ether oxygens (including phenoxy) is 1. The van der Waals surface area contributed by atoms with Crippen molar-refractivity contribution in [2.75, 3.05) is 12.9 Å². The number of hydrogen-bond donors (Lipinski definition) is 0. The molecular weight excluding hydrogens is 292 g/mol. The molecule has 3 rings (SSSR count). The van der Waals surface area contributed by atoms with Gasteiger partial charge < -0.3 is 4.74 Å². The standard InChI is InChI=1S/C18H16N2OS/c1-3-12-21-18(22-2)20-17-13-8-4-6-10-15(13)19-16-11-7-5-9-14(16)17/h3-11H,1,12H2,2H3. The van der Waals surface area contributed by atoms with Crippen molar-refractivity contribution in [3.05, 3.63) is 61.2 Å². The lowest BCUT2D eigenvalue weighted by Crippen LogP contribution is -1.99. The number of nitrogens with zero attached hydrogens (tertiary/aromatic N) is 2. The van der Waals surface area contributed by atoms with Crippen LogP contribution in [0.3, 0.4) is 0 Å². The van der Waals surface area contributed by atoms with E-state index in [-0.39, 0.29) is 0 Å². The van der Waals surface area contributed by atoms with Gasteiger partial charge in [-0.1, -0.05) is 60.8 Å². The number of thioether (sulfide) groups is 1. The smallest absolute Gasteiger partial charge is 0.251 e. The Bertz CT molecular complexity index is 804. The number of aliphatic imine (C=N–C) groups is 1. The maximum atomic E-state index is 5.62. The summed E-state index contributed by atoms with van der Waals surface area (Å²) >= 11 is 1.48. The lowest BCUT2D eigenvalue weighted by Gasteiger charge is -2.09. The third kappa shape index (κ3) is 2.83. The molecule has 2 aromatic carbocycles. The fraction of sp³-hybridized carbons (Fsp3) is 0.111. The van der Waals surface area contributed by atoms with E-state index in [1.54, 1.807) is 6.08 Å². The lowest BCUT2D eigenvalue weighted by molar-refractivity contribution is 0.362. The third-order valence-corrected chi connectivity index (χ3v) is 3.82.